The predicted molar refractivity (Wildman–Crippen MR) is 136 cm³/mol. The smallest absolute Gasteiger partial charge is 0.329 e. The molecule has 1 unspecified atom stereocenters. The van der Waals surface area contributed by atoms with Gasteiger partial charge in [-0.15, -0.1) is 0 Å². The van der Waals surface area contributed by atoms with Gasteiger partial charge in [0.2, 0.25) is 0 Å². The van der Waals surface area contributed by atoms with Crippen molar-refractivity contribution in [3.63, 3.8) is 0 Å². The Kier molecular flexibility index (Phi) is 8.32. The second-order valence-electron chi connectivity index (χ2n) is 8.63. The van der Waals surface area contributed by atoms with Crippen LogP contribution >= 0.6 is 0 Å². The molecule has 0 aliphatic heterocycles. The van der Waals surface area contributed by atoms with Crippen molar-refractivity contribution >= 4 is 16.9 Å². The molecule has 3 aromatic rings. The first-order chi connectivity index (χ1) is 16.7. The standard InChI is InChI=1S/C26H34N4O5/c1-7-12-30-23-22(25(32)29-26(30)33)18(14-19(28-23)15(4)5)24(31)27-16(6)17-10-11-20(34-8-2)21(13-17)35-9-3/h10-11,13-16H,7-9,12H2,1-6H3,(H,27,31)(H,29,32,33). The zero-order chi connectivity index (χ0) is 25.7. The van der Waals surface area contributed by atoms with Crippen LogP contribution in [0.1, 0.15) is 81.5 Å². The molecule has 0 bridgehead atoms. The summed E-state index contributed by atoms with van der Waals surface area (Å²) in [5.74, 6) is 0.807. The Hall–Kier alpha value is -3.62. The number of rotatable bonds is 10. The molecule has 0 saturated heterocycles. The van der Waals surface area contributed by atoms with Gasteiger partial charge in [0, 0.05) is 12.2 Å². The molecule has 3 rings (SSSR count). The van der Waals surface area contributed by atoms with Crippen molar-refractivity contribution in [1.82, 2.24) is 19.9 Å². The lowest BCUT2D eigenvalue weighted by Crippen LogP contribution is -2.34. The van der Waals surface area contributed by atoms with Crippen LogP contribution in [0.25, 0.3) is 11.0 Å². The summed E-state index contributed by atoms with van der Waals surface area (Å²) in [6.45, 7) is 12.8. The van der Waals surface area contributed by atoms with E-state index in [0.717, 1.165) is 5.56 Å². The van der Waals surface area contributed by atoms with E-state index in [0.29, 0.717) is 43.4 Å². The molecule has 0 aliphatic rings. The molecule has 2 aromatic heterocycles. The average molecular weight is 483 g/mol. The highest BCUT2D eigenvalue weighted by Gasteiger charge is 2.22. The van der Waals surface area contributed by atoms with E-state index < -0.39 is 17.2 Å². The van der Waals surface area contributed by atoms with Crippen molar-refractivity contribution in [2.45, 2.75) is 66.5 Å². The summed E-state index contributed by atoms with van der Waals surface area (Å²) in [7, 11) is 0. The Morgan fingerprint density at radius 1 is 1.06 bits per heavy atom. The van der Waals surface area contributed by atoms with Crippen molar-refractivity contribution in [3.8, 4) is 11.5 Å². The first kappa shape index (κ1) is 26.0. The molecular formula is C26H34N4O5. The number of hydrogen-bond donors (Lipinski definition) is 2. The molecule has 2 N–H and O–H groups in total. The van der Waals surface area contributed by atoms with Crippen LogP contribution < -0.4 is 26.0 Å². The number of fused-ring (bicyclic) bond motifs is 1. The fourth-order valence-electron chi connectivity index (χ4n) is 3.89. The van der Waals surface area contributed by atoms with Crippen molar-refractivity contribution in [2.75, 3.05) is 13.2 Å². The number of pyridine rings is 1. The summed E-state index contributed by atoms with van der Waals surface area (Å²) in [6.07, 6.45) is 0.674. The summed E-state index contributed by atoms with van der Waals surface area (Å²) in [4.78, 5) is 45.7. The molecule has 188 valence electrons. The highest BCUT2D eigenvalue weighted by atomic mass is 16.5. The molecule has 1 atom stereocenters. The second-order valence-corrected chi connectivity index (χ2v) is 8.63. The summed E-state index contributed by atoms with van der Waals surface area (Å²) in [6, 6.07) is 6.78. The fourth-order valence-corrected chi connectivity index (χ4v) is 3.89. The van der Waals surface area contributed by atoms with E-state index in [2.05, 4.69) is 15.3 Å². The number of carbonyl (C=O) groups is 1. The molecule has 0 aliphatic carbocycles. The molecule has 1 aromatic carbocycles. The molecule has 2 heterocycles. The lowest BCUT2D eigenvalue weighted by atomic mass is 10.0. The third kappa shape index (κ3) is 5.55. The zero-order valence-corrected chi connectivity index (χ0v) is 21.2. The van der Waals surface area contributed by atoms with Gasteiger partial charge in [0.05, 0.1) is 30.2 Å². The molecule has 0 spiro atoms. The first-order valence-electron chi connectivity index (χ1n) is 12.1. The number of aromatic nitrogens is 3. The van der Waals surface area contributed by atoms with Crippen LogP contribution in [0.2, 0.25) is 0 Å². The van der Waals surface area contributed by atoms with Crippen LogP contribution in [0.15, 0.2) is 33.9 Å². The molecular weight excluding hydrogens is 448 g/mol. The van der Waals surface area contributed by atoms with Crippen LogP contribution in [-0.2, 0) is 6.54 Å². The summed E-state index contributed by atoms with van der Waals surface area (Å²) in [5, 5.41) is 3.09. The van der Waals surface area contributed by atoms with Crippen LogP contribution in [0.4, 0.5) is 0 Å². The maximum atomic E-state index is 13.5. The normalized spacial score (nSPS) is 12.1. The van der Waals surface area contributed by atoms with Crippen molar-refractivity contribution in [1.29, 1.82) is 0 Å². The van der Waals surface area contributed by atoms with Gasteiger partial charge < -0.3 is 14.8 Å². The topological polar surface area (TPSA) is 115 Å². The number of H-pyrrole nitrogens is 1. The minimum absolute atomic E-state index is 0.00676. The number of nitrogens with one attached hydrogen (secondary N) is 2. The van der Waals surface area contributed by atoms with E-state index in [1.54, 1.807) is 6.07 Å². The maximum Gasteiger partial charge on any atom is 0.329 e. The van der Waals surface area contributed by atoms with Gasteiger partial charge in [0.25, 0.3) is 11.5 Å². The summed E-state index contributed by atoms with van der Waals surface area (Å²) >= 11 is 0. The molecule has 35 heavy (non-hydrogen) atoms. The van der Waals surface area contributed by atoms with Gasteiger partial charge in [-0.2, -0.15) is 0 Å². The molecule has 1 amide bonds. The van der Waals surface area contributed by atoms with Gasteiger partial charge in [-0.05, 0) is 56.9 Å². The number of nitrogens with zero attached hydrogens (tertiary/aromatic N) is 2. The molecule has 9 nitrogen and oxygen atoms in total. The number of hydrogen-bond acceptors (Lipinski definition) is 6. The number of ether oxygens (including phenoxy) is 2. The summed E-state index contributed by atoms with van der Waals surface area (Å²) < 4.78 is 12.8. The minimum Gasteiger partial charge on any atom is -0.490 e. The van der Waals surface area contributed by atoms with Crippen LogP contribution in [0.5, 0.6) is 11.5 Å². The van der Waals surface area contributed by atoms with E-state index in [1.807, 2.05) is 59.7 Å². The van der Waals surface area contributed by atoms with Crippen molar-refractivity contribution in [2.24, 2.45) is 0 Å². The summed E-state index contributed by atoms with van der Waals surface area (Å²) in [5.41, 5.74) is 0.708. The third-order valence-corrected chi connectivity index (χ3v) is 5.67. The van der Waals surface area contributed by atoms with Gasteiger partial charge in [-0.3, -0.25) is 19.1 Å². The van der Waals surface area contributed by atoms with Crippen LogP contribution in [-0.4, -0.2) is 33.7 Å². The SMILES string of the molecule is CCCn1c(=O)[nH]c(=O)c2c(C(=O)NC(C)c3ccc(OCC)c(OCC)c3)cc(C(C)C)nc21. The van der Waals surface area contributed by atoms with E-state index in [-0.39, 0.29) is 28.6 Å². The number of carbonyl (C=O) groups excluding carboxylic acids is 1. The Labute approximate surface area is 204 Å². The van der Waals surface area contributed by atoms with Crippen LogP contribution in [0.3, 0.4) is 0 Å². The quantitative estimate of drug-likeness (QED) is 0.453. The second kappa shape index (κ2) is 11.2. The van der Waals surface area contributed by atoms with Gasteiger partial charge in [-0.1, -0.05) is 26.8 Å². The van der Waals surface area contributed by atoms with Gasteiger partial charge in [-0.25, -0.2) is 9.78 Å². The molecule has 0 fully saturated rings. The molecule has 9 heteroatoms. The third-order valence-electron chi connectivity index (χ3n) is 5.67. The van der Waals surface area contributed by atoms with E-state index in [1.165, 1.54) is 4.57 Å². The monoisotopic (exact) mass is 482 g/mol. The van der Waals surface area contributed by atoms with Gasteiger partial charge in [0.1, 0.15) is 0 Å². The molecule has 0 radical (unpaired) electrons. The molecule has 0 saturated carbocycles. The van der Waals surface area contributed by atoms with Crippen LogP contribution in [0, 0.1) is 0 Å². The van der Waals surface area contributed by atoms with Gasteiger partial charge in [0.15, 0.2) is 17.1 Å². The minimum atomic E-state index is -0.627. The average Bonchev–Trinajstić information content (AvgIpc) is 2.82. The highest BCUT2D eigenvalue weighted by Crippen LogP contribution is 2.31. The predicted octanol–water partition coefficient (Wildman–Crippen LogP) is 3.91. The lowest BCUT2D eigenvalue weighted by molar-refractivity contribution is 0.0941. The highest BCUT2D eigenvalue weighted by molar-refractivity contribution is 6.05. The van der Waals surface area contributed by atoms with Crippen molar-refractivity contribution < 1.29 is 14.3 Å². The largest absolute Gasteiger partial charge is 0.490 e. The number of aromatic amines is 1. The number of aryl methyl sites for hydroxylation is 1. The maximum absolute atomic E-state index is 13.5. The lowest BCUT2D eigenvalue weighted by Gasteiger charge is -2.19. The van der Waals surface area contributed by atoms with Crippen molar-refractivity contribution in [3.05, 3.63) is 61.9 Å². The van der Waals surface area contributed by atoms with E-state index >= 15 is 0 Å². The Bertz CT molecular complexity index is 1330. The van der Waals surface area contributed by atoms with Gasteiger partial charge >= 0.3 is 5.69 Å². The van der Waals surface area contributed by atoms with E-state index in [4.69, 9.17) is 9.47 Å². The Balaban J connectivity index is 2.06. The Morgan fingerprint density at radius 3 is 2.37 bits per heavy atom. The zero-order valence-electron chi connectivity index (χ0n) is 21.2. The van der Waals surface area contributed by atoms with E-state index in [9.17, 15) is 14.4 Å². The first-order valence-corrected chi connectivity index (χ1v) is 12.1. The number of benzene rings is 1. The fraction of sp³-hybridized carbons (Fsp3) is 0.462. The Morgan fingerprint density at radius 2 is 1.74 bits per heavy atom. The number of amides is 1.